The number of benzene rings is 2. The van der Waals surface area contributed by atoms with Crippen molar-refractivity contribution in [2.24, 2.45) is 5.73 Å². The van der Waals surface area contributed by atoms with E-state index in [-0.39, 0.29) is 29.0 Å². The highest BCUT2D eigenvalue weighted by Gasteiger charge is 2.28. The maximum atomic E-state index is 13.4. The van der Waals surface area contributed by atoms with E-state index in [1.807, 2.05) is 13.0 Å². The summed E-state index contributed by atoms with van der Waals surface area (Å²) in [5, 5.41) is 9.86. The Hall–Kier alpha value is -4.31. The molecule has 4 N–H and O–H groups in total. The summed E-state index contributed by atoms with van der Waals surface area (Å²) < 4.78 is 14.8. The van der Waals surface area contributed by atoms with Crippen molar-refractivity contribution < 1.29 is 18.8 Å². The number of nitrogens with zero attached hydrogens (tertiary/aromatic N) is 3. The molecule has 11 heteroatoms. The van der Waals surface area contributed by atoms with Gasteiger partial charge >= 0.3 is 0 Å². The Bertz CT molecular complexity index is 1580. The number of carbonyl (C=O) groups is 3. The maximum absolute atomic E-state index is 13.4. The van der Waals surface area contributed by atoms with Crippen LogP contribution >= 0.6 is 11.6 Å². The zero-order chi connectivity index (χ0) is 26.3. The van der Waals surface area contributed by atoms with E-state index in [0.717, 1.165) is 16.7 Å². The SMILES string of the molecule is Cc1c(C(N)=O)ccc2c1CC[C@@H]2NC(=O)c1cc(C(=O)NCc2ccc(F)c(Cl)c2)nc2ccnn12. The molecule has 1 aliphatic rings. The zero-order valence-electron chi connectivity index (χ0n) is 19.7. The topological polar surface area (TPSA) is 131 Å². The van der Waals surface area contributed by atoms with Gasteiger partial charge in [0.05, 0.1) is 17.3 Å². The number of nitrogens with two attached hydrogens (primary N) is 1. The molecule has 2 heterocycles. The smallest absolute Gasteiger partial charge is 0.270 e. The molecule has 4 aromatic rings. The molecule has 2 aromatic heterocycles. The molecular weight excluding hydrogens is 499 g/mol. The summed E-state index contributed by atoms with van der Waals surface area (Å²) in [7, 11) is 0. The van der Waals surface area contributed by atoms with Gasteiger partial charge in [-0.3, -0.25) is 14.4 Å². The summed E-state index contributed by atoms with van der Waals surface area (Å²) in [6.07, 6.45) is 2.84. The summed E-state index contributed by atoms with van der Waals surface area (Å²) in [6.45, 7) is 1.95. The van der Waals surface area contributed by atoms with Gasteiger partial charge in [-0.2, -0.15) is 5.10 Å². The van der Waals surface area contributed by atoms with E-state index in [1.54, 1.807) is 12.1 Å². The van der Waals surface area contributed by atoms with E-state index in [0.29, 0.717) is 29.6 Å². The van der Waals surface area contributed by atoms with Crippen LogP contribution in [0.2, 0.25) is 5.02 Å². The second kappa shape index (κ2) is 9.62. The third-order valence-corrected chi connectivity index (χ3v) is 6.82. The molecule has 37 heavy (non-hydrogen) atoms. The van der Waals surface area contributed by atoms with Gasteiger partial charge in [0.25, 0.3) is 11.8 Å². The first-order valence-electron chi connectivity index (χ1n) is 11.5. The molecule has 0 fully saturated rings. The van der Waals surface area contributed by atoms with Crippen molar-refractivity contribution in [3.63, 3.8) is 0 Å². The number of rotatable bonds is 6. The van der Waals surface area contributed by atoms with Gasteiger partial charge in [0, 0.05) is 24.2 Å². The molecule has 0 radical (unpaired) electrons. The molecule has 1 atom stereocenters. The number of amides is 3. The Kier molecular flexibility index (Phi) is 6.34. The van der Waals surface area contributed by atoms with Crippen molar-refractivity contribution in [1.29, 1.82) is 0 Å². The van der Waals surface area contributed by atoms with Crippen LogP contribution < -0.4 is 16.4 Å². The second-order valence-electron chi connectivity index (χ2n) is 8.79. The third kappa shape index (κ3) is 4.63. The molecule has 0 spiro atoms. The van der Waals surface area contributed by atoms with Gasteiger partial charge in [0.15, 0.2) is 5.65 Å². The second-order valence-corrected chi connectivity index (χ2v) is 9.20. The first-order valence-corrected chi connectivity index (χ1v) is 11.9. The van der Waals surface area contributed by atoms with Crippen LogP contribution in [0.4, 0.5) is 4.39 Å². The average molecular weight is 521 g/mol. The number of primary amides is 1. The lowest BCUT2D eigenvalue weighted by atomic mass is 9.97. The molecule has 0 saturated carbocycles. The Morgan fingerprint density at radius 2 is 1.97 bits per heavy atom. The van der Waals surface area contributed by atoms with Crippen molar-refractivity contribution in [3.8, 4) is 0 Å². The molecule has 0 aliphatic heterocycles. The van der Waals surface area contributed by atoms with Crippen LogP contribution in [0.5, 0.6) is 0 Å². The van der Waals surface area contributed by atoms with E-state index >= 15 is 0 Å². The summed E-state index contributed by atoms with van der Waals surface area (Å²) in [4.78, 5) is 42.2. The van der Waals surface area contributed by atoms with Gasteiger partial charge in [-0.25, -0.2) is 13.9 Å². The monoisotopic (exact) mass is 520 g/mol. The highest BCUT2D eigenvalue weighted by molar-refractivity contribution is 6.30. The number of halogens is 2. The molecule has 0 unspecified atom stereocenters. The number of hydrogen-bond donors (Lipinski definition) is 3. The van der Waals surface area contributed by atoms with E-state index in [2.05, 4.69) is 20.7 Å². The third-order valence-electron chi connectivity index (χ3n) is 6.53. The van der Waals surface area contributed by atoms with Crippen molar-refractivity contribution >= 4 is 35.0 Å². The number of fused-ring (bicyclic) bond motifs is 2. The van der Waals surface area contributed by atoms with Crippen LogP contribution in [0.3, 0.4) is 0 Å². The Labute approximate surface area is 215 Å². The quantitative estimate of drug-likeness (QED) is 0.359. The summed E-state index contributed by atoms with van der Waals surface area (Å²) in [6, 6.07) is 10.3. The molecule has 3 amide bonds. The largest absolute Gasteiger partial charge is 0.366 e. The lowest BCUT2D eigenvalue weighted by Crippen LogP contribution is -2.30. The first-order chi connectivity index (χ1) is 17.7. The Balaban J connectivity index is 1.37. The van der Waals surface area contributed by atoms with Gasteiger partial charge in [0.1, 0.15) is 17.2 Å². The highest BCUT2D eigenvalue weighted by atomic mass is 35.5. The summed E-state index contributed by atoms with van der Waals surface area (Å²) in [5.74, 6) is -1.98. The Morgan fingerprint density at radius 1 is 1.16 bits per heavy atom. The maximum Gasteiger partial charge on any atom is 0.270 e. The van der Waals surface area contributed by atoms with E-state index in [1.165, 1.54) is 35.0 Å². The lowest BCUT2D eigenvalue weighted by Gasteiger charge is -2.16. The van der Waals surface area contributed by atoms with Gasteiger partial charge in [-0.15, -0.1) is 0 Å². The number of nitrogens with one attached hydrogen (secondary N) is 2. The van der Waals surface area contributed by atoms with Gasteiger partial charge in [0.2, 0.25) is 5.91 Å². The number of carbonyl (C=O) groups excluding carboxylic acids is 3. The summed E-state index contributed by atoms with van der Waals surface area (Å²) in [5.41, 5.74) is 9.80. The molecule has 5 rings (SSSR count). The fraction of sp³-hybridized carbons (Fsp3) is 0.192. The molecular formula is C26H22ClFN6O3. The van der Waals surface area contributed by atoms with Crippen LogP contribution in [0.25, 0.3) is 5.65 Å². The van der Waals surface area contributed by atoms with Gasteiger partial charge in [-0.05, 0) is 60.2 Å². The average Bonchev–Trinajstić information content (AvgIpc) is 3.51. The summed E-state index contributed by atoms with van der Waals surface area (Å²) >= 11 is 5.81. The molecule has 0 bridgehead atoms. The predicted molar refractivity (Wildman–Crippen MR) is 134 cm³/mol. The van der Waals surface area contributed by atoms with Crippen LogP contribution in [0.1, 0.15) is 66.1 Å². The van der Waals surface area contributed by atoms with Crippen LogP contribution in [-0.4, -0.2) is 32.3 Å². The van der Waals surface area contributed by atoms with E-state index in [9.17, 15) is 18.8 Å². The minimum absolute atomic E-state index is 0.0279. The van der Waals surface area contributed by atoms with E-state index < -0.39 is 23.5 Å². The fourth-order valence-corrected chi connectivity index (χ4v) is 4.85. The Morgan fingerprint density at radius 3 is 2.73 bits per heavy atom. The van der Waals surface area contributed by atoms with Gasteiger partial charge < -0.3 is 16.4 Å². The molecule has 0 saturated heterocycles. The van der Waals surface area contributed by atoms with E-state index in [4.69, 9.17) is 17.3 Å². The molecule has 188 valence electrons. The minimum Gasteiger partial charge on any atom is -0.366 e. The predicted octanol–water partition coefficient (Wildman–Crippen LogP) is 3.28. The van der Waals surface area contributed by atoms with Crippen LogP contribution in [0, 0.1) is 12.7 Å². The van der Waals surface area contributed by atoms with Gasteiger partial charge in [-0.1, -0.05) is 23.7 Å². The van der Waals surface area contributed by atoms with Crippen molar-refractivity contribution in [1.82, 2.24) is 25.2 Å². The number of aromatic nitrogens is 3. The highest BCUT2D eigenvalue weighted by Crippen LogP contribution is 2.34. The molecule has 9 nitrogen and oxygen atoms in total. The van der Waals surface area contributed by atoms with Crippen molar-refractivity contribution in [2.45, 2.75) is 32.4 Å². The fourth-order valence-electron chi connectivity index (χ4n) is 4.64. The number of hydrogen-bond acceptors (Lipinski definition) is 5. The van der Waals surface area contributed by atoms with Crippen molar-refractivity contribution in [3.05, 3.63) is 98.7 Å². The lowest BCUT2D eigenvalue weighted by molar-refractivity contribution is 0.0927. The zero-order valence-corrected chi connectivity index (χ0v) is 20.5. The normalized spacial score (nSPS) is 14.4. The standard InChI is InChI=1S/C26H22ClFN6O3/c1-13-15-5-7-20(17(15)4-3-16(13)24(29)35)33-26(37)22-11-21(32-23-8-9-31-34(22)23)25(36)30-12-14-2-6-19(28)18(27)10-14/h2-4,6,8-11,20H,5,7,12H2,1H3,(H2,29,35)(H,30,36)(H,33,37)/t20-/m0/s1. The van der Waals surface area contributed by atoms with Crippen LogP contribution in [0.15, 0.2) is 48.7 Å². The molecule has 1 aliphatic carbocycles. The first kappa shape index (κ1) is 24.4. The van der Waals surface area contributed by atoms with Crippen molar-refractivity contribution in [2.75, 3.05) is 0 Å². The molecule has 2 aromatic carbocycles. The minimum atomic E-state index is -0.548. The van der Waals surface area contributed by atoms with Crippen LogP contribution in [-0.2, 0) is 13.0 Å².